The predicted molar refractivity (Wildman–Crippen MR) is 72.4 cm³/mol. The summed E-state index contributed by atoms with van der Waals surface area (Å²) in [5.74, 6) is -1.79. The number of carboxylic acids is 1. The zero-order valence-electron chi connectivity index (χ0n) is 11.3. The Labute approximate surface area is 119 Å². The van der Waals surface area contributed by atoms with Crippen LogP contribution in [0.1, 0.15) is 42.3 Å². The molecule has 1 aromatic rings. The van der Waals surface area contributed by atoms with E-state index in [-0.39, 0.29) is 5.69 Å². The second kappa shape index (κ2) is 5.87. The number of urea groups is 1. The molecule has 5 N–H and O–H groups in total. The van der Waals surface area contributed by atoms with Gasteiger partial charge >= 0.3 is 12.0 Å². The first-order valence-corrected chi connectivity index (χ1v) is 6.58. The third kappa shape index (κ3) is 3.92. The first-order chi connectivity index (χ1) is 9.13. The van der Waals surface area contributed by atoms with Crippen LogP contribution in [-0.4, -0.2) is 33.5 Å². The monoisotopic (exact) mass is 300 g/mol. The molecule has 1 aromatic heterocycles. The highest BCUT2D eigenvalue weighted by atomic mass is 32.1. The fourth-order valence-corrected chi connectivity index (χ4v) is 2.02. The zero-order valence-corrected chi connectivity index (χ0v) is 12.1. The van der Waals surface area contributed by atoms with Crippen molar-refractivity contribution < 1.29 is 19.5 Å². The van der Waals surface area contributed by atoms with Crippen LogP contribution in [0.4, 0.5) is 4.79 Å². The predicted octanol–water partition coefficient (Wildman–Crippen LogP) is 0.465. The SMILES string of the molecule is CC(NC(=O)NC(C)(C)C(N)=O)c1nc(C(=O)O)cs1. The number of hydrogen-bond acceptors (Lipinski definition) is 5. The molecule has 0 radical (unpaired) electrons. The third-order valence-corrected chi connectivity index (χ3v) is 3.53. The topological polar surface area (TPSA) is 134 Å². The minimum Gasteiger partial charge on any atom is -0.476 e. The number of carbonyl (C=O) groups excluding carboxylic acids is 2. The number of amides is 3. The molecule has 0 aliphatic rings. The second-order valence-electron chi connectivity index (χ2n) is 4.69. The molecule has 9 heteroatoms. The van der Waals surface area contributed by atoms with Gasteiger partial charge in [-0.2, -0.15) is 0 Å². The average Bonchev–Trinajstić information content (AvgIpc) is 2.76. The van der Waals surface area contributed by atoms with Crippen LogP contribution in [0.2, 0.25) is 0 Å². The molecule has 1 heterocycles. The highest BCUT2D eigenvalue weighted by Gasteiger charge is 2.27. The molecule has 0 spiro atoms. The van der Waals surface area contributed by atoms with E-state index in [4.69, 9.17) is 10.8 Å². The van der Waals surface area contributed by atoms with E-state index in [9.17, 15) is 14.4 Å². The van der Waals surface area contributed by atoms with Gasteiger partial charge in [-0.05, 0) is 20.8 Å². The van der Waals surface area contributed by atoms with Crippen molar-refractivity contribution in [3.8, 4) is 0 Å². The zero-order chi connectivity index (χ0) is 15.5. The number of thiazole rings is 1. The van der Waals surface area contributed by atoms with Crippen LogP contribution in [0.25, 0.3) is 0 Å². The van der Waals surface area contributed by atoms with E-state index in [0.29, 0.717) is 5.01 Å². The van der Waals surface area contributed by atoms with Crippen molar-refractivity contribution in [1.82, 2.24) is 15.6 Å². The van der Waals surface area contributed by atoms with E-state index >= 15 is 0 Å². The molecule has 1 unspecified atom stereocenters. The Morgan fingerprint density at radius 3 is 2.50 bits per heavy atom. The standard InChI is InChI=1S/C11H16N4O4S/c1-5(7-14-6(4-20-7)8(16)17)13-10(19)15-11(2,3)9(12)18/h4-5H,1-3H3,(H2,12,18)(H,16,17)(H2,13,15,19). The van der Waals surface area contributed by atoms with Crippen molar-refractivity contribution in [1.29, 1.82) is 0 Å². The van der Waals surface area contributed by atoms with Crippen LogP contribution in [0.5, 0.6) is 0 Å². The van der Waals surface area contributed by atoms with Gasteiger partial charge < -0.3 is 21.5 Å². The fourth-order valence-electron chi connectivity index (χ4n) is 1.22. The van der Waals surface area contributed by atoms with Gasteiger partial charge in [0.05, 0.1) is 6.04 Å². The van der Waals surface area contributed by atoms with Gasteiger partial charge in [0.2, 0.25) is 5.91 Å². The summed E-state index contributed by atoms with van der Waals surface area (Å²) in [7, 11) is 0. The molecular weight excluding hydrogens is 284 g/mol. The number of hydrogen-bond donors (Lipinski definition) is 4. The van der Waals surface area contributed by atoms with E-state index < -0.39 is 29.5 Å². The number of aromatic carboxylic acids is 1. The second-order valence-corrected chi connectivity index (χ2v) is 5.58. The van der Waals surface area contributed by atoms with Crippen LogP contribution in [0, 0.1) is 0 Å². The summed E-state index contributed by atoms with van der Waals surface area (Å²) in [6.07, 6.45) is 0. The maximum absolute atomic E-state index is 11.7. The number of aromatic nitrogens is 1. The van der Waals surface area contributed by atoms with Crippen molar-refractivity contribution in [3.63, 3.8) is 0 Å². The molecule has 8 nitrogen and oxygen atoms in total. The molecule has 0 aromatic carbocycles. The average molecular weight is 300 g/mol. The Kier molecular flexibility index (Phi) is 4.66. The molecule has 1 atom stereocenters. The third-order valence-electron chi connectivity index (χ3n) is 2.50. The lowest BCUT2D eigenvalue weighted by atomic mass is 10.1. The summed E-state index contributed by atoms with van der Waals surface area (Å²) in [6, 6.07) is -1.08. The Bertz CT molecular complexity index is 540. The van der Waals surface area contributed by atoms with Gasteiger partial charge in [-0.3, -0.25) is 4.79 Å². The number of primary amides is 1. The Morgan fingerprint density at radius 2 is 2.05 bits per heavy atom. The fraction of sp³-hybridized carbons (Fsp3) is 0.455. The first kappa shape index (κ1) is 15.9. The smallest absolute Gasteiger partial charge is 0.355 e. The number of carbonyl (C=O) groups is 3. The quantitative estimate of drug-likeness (QED) is 0.627. The van der Waals surface area contributed by atoms with Crippen molar-refractivity contribution >= 4 is 29.2 Å². The maximum Gasteiger partial charge on any atom is 0.355 e. The number of nitrogens with zero attached hydrogens (tertiary/aromatic N) is 1. The van der Waals surface area contributed by atoms with E-state index in [1.807, 2.05) is 0 Å². The summed E-state index contributed by atoms with van der Waals surface area (Å²) >= 11 is 1.13. The number of carboxylic acid groups (broad SMARTS) is 1. The van der Waals surface area contributed by atoms with Gasteiger partial charge in [-0.1, -0.05) is 0 Å². The minimum atomic E-state index is -1.18. The van der Waals surface area contributed by atoms with Gasteiger partial charge in [0.15, 0.2) is 5.69 Å². The van der Waals surface area contributed by atoms with Crippen LogP contribution >= 0.6 is 11.3 Å². The molecule has 110 valence electrons. The Balaban J connectivity index is 2.65. The number of nitrogens with two attached hydrogens (primary N) is 1. The van der Waals surface area contributed by atoms with E-state index in [0.717, 1.165) is 11.3 Å². The van der Waals surface area contributed by atoms with E-state index in [1.165, 1.54) is 19.2 Å². The highest BCUT2D eigenvalue weighted by molar-refractivity contribution is 7.09. The molecule has 0 fully saturated rings. The first-order valence-electron chi connectivity index (χ1n) is 5.71. The molecule has 0 bridgehead atoms. The summed E-state index contributed by atoms with van der Waals surface area (Å²) < 4.78 is 0. The number of nitrogens with one attached hydrogen (secondary N) is 2. The maximum atomic E-state index is 11.7. The highest BCUT2D eigenvalue weighted by Crippen LogP contribution is 2.18. The van der Waals surface area contributed by atoms with Crippen LogP contribution in [0.3, 0.4) is 0 Å². The van der Waals surface area contributed by atoms with Gasteiger partial charge in [0.25, 0.3) is 0 Å². The van der Waals surface area contributed by atoms with E-state index in [2.05, 4.69) is 15.6 Å². The summed E-state index contributed by atoms with van der Waals surface area (Å²) in [5, 5.41) is 15.6. The molecule has 0 saturated heterocycles. The van der Waals surface area contributed by atoms with Crippen LogP contribution < -0.4 is 16.4 Å². The molecule has 0 saturated carbocycles. The van der Waals surface area contributed by atoms with Crippen molar-refractivity contribution in [2.24, 2.45) is 5.73 Å². The van der Waals surface area contributed by atoms with Gasteiger partial charge in [-0.15, -0.1) is 11.3 Å². The van der Waals surface area contributed by atoms with Gasteiger partial charge in [0.1, 0.15) is 10.5 Å². The summed E-state index contributed by atoms with van der Waals surface area (Å²) in [4.78, 5) is 37.4. The van der Waals surface area contributed by atoms with Crippen molar-refractivity contribution in [2.75, 3.05) is 0 Å². The molecule has 0 aliphatic heterocycles. The van der Waals surface area contributed by atoms with Gasteiger partial charge in [0, 0.05) is 5.38 Å². The molecule has 0 aliphatic carbocycles. The molecule has 20 heavy (non-hydrogen) atoms. The number of rotatable bonds is 5. The Morgan fingerprint density at radius 1 is 1.45 bits per heavy atom. The van der Waals surface area contributed by atoms with Crippen LogP contribution in [0.15, 0.2) is 5.38 Å². The summed E-state index contributed by atoms with van der Waals surface area (Å²) in [5.41, 5.74) is 3.89. The van der Waals surface area contributed by atoms with E-state index in [1.54, 1.807) is 6.92 Å². The molecule has 1 rings (SSSR count). The normalized spacial score (nSPS) is 12.6. The lowest BCUT2D eigenvalue weighted by molar-refractivity contribution is -0.122. The van der Waals surface area contributed by atoms with Gasteiger partial charge in [-0.25, -0.2) is 14.6 Å². The van der Waals surface area contributed by atoms with Crippen molar-refractivity contribution in [3.05, 3.63) is 16.1 Å². The lowest BCUT2D eigenvalue weighted by Gasteiger charge is -2.23. The molecular formula is C11H16N4O4S. The lowest BCUT2D eigenvalue weighted by Crippen LogP contribution is -2.56. The Hall–Kier alpha value is -2.16. The largest absolute Gasteiger partial charge is 0.476 e. The van der Waals surface area contributed by atoms with Crippen molar-refractivity contribution in [2.45, 2.75) is 32.4 Å². The van der Waals surface area contributed by atoms with Crippen LogP contribution in [-0.2, 0) is 4.79 Å². The minimum absolute atomic E-state index is 0.0727. The summed E-state index contributed by atoms with van der Waals surface area (Å²) in [6.45, 7) is 4.61. The molecule has 3 amide bonds.